The number of halogens is 1. The lowest BCUT2D eigenvalue weighted by atomic mass is 10.1. The maximum Gasteiger partial charge on any atom is 0.337 e. The van der Waals surface area contributed by atoms with Gasteiger partial charge in [-0.15, -0.1) is 0 Å². The van der Waals surface area contributed by atoms with Crippen molar-refractivity contribution in [2.45, 2.75) is 0 Å². The standard InChI is InChI=1S/C10H9FO2/c1-13-10(12)9-4-2-8(3-5-9)6-7-11/h2-7H,1H3. The van der Waals surface area contributed by atoms with Gasteiger partial charge in [0.05, 0.1) is 19.0 Å². The molecule has 0 saturated heterocycles. The van der Waals surface area contributed by atoms with Crippen molar-refractivity contribution >= 4 is 12.0 Å². The van der Waals surface area contributed by atoms with Gasteiger partial charge in [-0.2, -0.15) is 0 Å². The Kier molecular flexibility index (Phi) is 3.20. The third-order valence-electron chi connectivity index (χ3n) is 1.59. The third kappa shape index (κ3) is 2.40. The van der Waals surface area contributed by atoms with Crippen LogP contribution in [0, 0.1) is 0 Å². The normalized spacial score (nSPS) is 10.3. The van der Waals surface area contributed by atoms with Crippen LogP contribution in [0.15, 0.2) is 30.6 Å². The van der Waals surface area contributed by atoms with E-state index in [0.29, 0.717) is 17.5 Å². The molecule has 0 aliphatic rings. The van der Waals surface area contributed by atoms with Gasteiger partial charge in [-0.3, -0.25) is 0 Å². The van der Waals surface area contributed by atoms with Crippen LogP contribution in [0.2, 0.25) is 0 Å². The molecule has 3 heteroatoms. The highest BCUT2D eigenvalue weighted by Gasteiger charge is 2.02. The summed E-state index contributed by atoms with van der Waals surface area (Å²) < 4.78 is 16.2. The number of rotatable bonds is 2. The van der Waals surface area contributed by atoms with E-state index in [1.807, 2.05) is 0 Å². The molecule has 0 fully saturated rings. The molecule has 0 aliphatic carbocycles. The lowest BCUT2D eigenvalue weighted by molar-refractivity contribution is 0.0601. The zero-order valence-corrected chi connectivity index (χ0v) is 7.16. The third-order valence-corrected chi connectivity index (χ3v) is 1.59. The van der Waals surface area contributed by atoms with Gasteiger partial charge >= 0.3 is 5.97 Å². The first-order chi connectivity index (χ1) is 6.27. The molecular weight excluding hydrogens is 171 g/mol. The van der Waals surface area contributed by atoms with E-state index in [1.165, 1.54) is 13.2 Å². The topological polar surface area (TPSA) is 26.3 Å². The zero-order chi connectivity index (χ0) is 9.68. The van der Waals surface area contributed by atoms with Crippen LogP contribution in [-0.4, -0.2) is 13.1 Å². The Bertz CT molecular complexity index is 314. The van der Waals surface area contributed by atoms with Gasteiger partial charge in [-0.05, 0) is 23.8 Å². The van der Waals surface area contributed by atoms with E-state index < -0.39 is 5.97 Å². The van der Waals surface area contributed by atoms with E-state index in [2.05, 4.69) is 4.74 Å². The molecule has 1 aromatic rings. The number of benzene rings is 1. The minimum Gasteiger partial charge on any atom is -0.465 e. The second-order valence-electron chi connectivity index (χ2n) is 2.41. The fourth-order valence-corrected chi connectivity index (χ4v) is 0.921. The number of esters is 1. The number of ether oxygens (including phenoxy) is 1. The average molecular weight is 180 g/mol. The molecule has 1 rings (SSSR count). The number of carbonyl (C=O) groups excluding carboxylic acids is 1. The van der Waals surface area contributed by atoms with Gasteiger partial charge in [0.15, 0.2) is 0 Å². The molecule has 0 spiro atoms. The Morgan fingerprint density at radius 2 is 2.00 bits per heavy atom. The molecule has 0 amide bonds. The Morgan fingerprint density at radius 1 is 1.38 bits per heavy atom. The van der Waals surface area contributed by atoms with Crippen molar-refractivity contribution in [2.75, 3.05) is 7.11 Å². The van der Waals surface area contributed by atoms with Gasteiger partial charge < -0.3 is 4.74 Å². The maximum atomic E-state index is 11.7. The molecule has 0 atom stereocenters. The van der Waals surface area contributed by atoms with Crippen LogP contribution in [0.3, 0.4) is 0 Å². The minimum atomic E-state index is -0.393. The highest BCUT2D eigenvalue weighted by molar-refractivity contribution is 5.89. The summed E-state index contributed by atoms with van der Waals surface area (Å²) in [4.78, 5) is 11.0. The summed E-state index contributed by atoms with van der Waals surface area (Å²) in [6.07, 6.45) is 1.76. The zero-order valence-electron chi connectivity index (χ0n) is 7.16. The van der Waals surface area contributed by atoms with Crippen LogP contribution in [0.1, 0.15) is 15.9 Å². The quantitative estimate of drug-likeness (QED) is 0.653. The second kappa shape index (κ2) is 4.40. The highest BCUT2D eigenvalue weighted by atomic mass is 19.1. The second-order valence-corrected chi connectivity index (χ2v) is 2.41. The molecule has 0 unspecified atom stereocenters. The largest absolute Gasteiger partial charge is 0.465 e. The van der Waals surface area contributed by atoms with E-state index >= 15 is 0 Å². The average Bonchev–Trinajstić information content (AvgIpc) is 2.18. The van der Waals surface area contributed by atoms with Gasteiger partial charge in [0, 0.05) is 0 Å². The molecule has 0 bridgehead atoms. The van der Waals surface area contributed by atoms with Gasteiger partial charge in [0.2, 0.25) is 0 Å². The first kappa shape index (κ1) is 9.45. The van der Waals surface area contributed by atoms with Gasteiger partial charge in [-0.1, -0.05) is 12.1 Å². The van der Waals surface area contributed by atoms with E-state index in [1.54, 1.807) is 24.3 Å². The van der Waals surface area contributed by atoms with Gasteiger partial charge in [-0.25, -0.2) is 9.18 Å². The first-order valence-electron chi connectivity index (χ1n) is 3.73. The number of carbonyl (C=O) groups is 1. The summed E-state index contributed by atoms with van der Waals surface area (Å²) >= 11 is 0. The molecule has 0 aromatic heterocycles. The number of hydrogen-bond donors (Lipinski definition) is 0. The fraction of sp³-hybridized carbons (Fsp3) is 0.100. The van der Waals surface area contributed by atoms with Gasteiger partial charge in [0.25, 0.3) is 0 Å². The lowest BCUT2D eigenvalue weighted by Crippen LogP contribution is -2.00. The number of hydrogen-bond acceptors (Lipinski definition) is 2. The summed E-state index contributed by atoms with van der Waals surface area (Å²) in [6, 6.07) is 6.45. The van der Waals surface area contributed by atoms with Gasteiger partial charge in [0.1, 0.15) is 0 Å². The Morgan fingerprint density at radius 3 is 2.46 bits per heavy atom. The molecule has 2 nitrogen and oxygen atoms in total. The van der Waals surface area contributed by atoms with E-state index in [-0.39, 0.29) is 0 Å². The summed E-state index contributed by atoms with van der Waals surface area (Å²) in [7, 11) is 1.32. The smallest absolute Gasteiger partial charge is 0.337 e. The summed E-state index contributed by atoms with van der Waals surface area (Å²) in [5.41, 5.74) is 1.16. The fourth-order valence-electron chi connectivity index (χ4n) is 0.921. The van der Waals surface area contributed by atoms with Crippen molar-refractivity contribution < 1.29 is 13.9 Å². The van der Waals surface area contributed by atoms with Crippen molar-refractivity contribution in [3.63, 3.8) is 0 Å². The van der Waals surface area contributed by atoms with E-state index in [0.717, 1.165) is 0 Å². The Hall–Kier alpha value is -1.64. The molecule has 0 aliphatic heterocycles. The van der Waals surface area contributed by atoms with Crippen molar-refractivity contribution in [1.29, 1.82) is 0 Å². The van der Waals surface area contributed by atoms with Crippen LogP contribution >= 0.6 is 0 Å². The molecule has 0 heterocycles. The van der Waals surface area contributed by atoms with Crippen LogP contribution in [0.25, 0.3) is 6.08 Å². The highest BCUT2D eigenvalue weighted by Crippen LogP contribution is 2.07. The number of methoxy groups -OCH3 is 1. The van der Waals surface area contributed by atoms with Crippen molar-refractivity contribution in [3.8, 4) is 0 Å². The Labute approximate surface area is 75.6 Å². The molecule has 0 radical (unpaired) electrons. The SMILES string of the molecule is COC(=O)c1ccc(C=CF)cc1. The predicted molar refractivity (Wildman–Crippen MR) is 47.9 cm³/mol. The van der Waals surface area contributed by atoms with Crippen LogP contribution in [0.4, 0.5) is 4.39 Å². The molecule has 13 heavy (non-hydrogen) atoms. The van der Waals surface area contributed by atoms with E-state index in [4.69, 9.17) is 0 Å². The lowest BCUT2D eigenvalue weighted by Gasteiger charge is -1.98. The molecular formula is C10H9FO2. The van der Waals surface area contributed by atoms with Crippen molar-refractivity contribution in [2.24, 2.45) is 0 Å². The van der Waals surface area contributed by atoms with Crippen molar-refractivity contribution in [3.05, 3.63) is 41.7 Å². The van der Waals surface area contributed by atoms with Crippen molar-refractivity contribution in [1.82, 2.24) is 0 Å². The summed E-state index contributed by atoms with van der Waals surface area (Å²) in [6.45, 7) is 0. The van der Waals surface area contributed by atoms with Crippen LogP contribution in [0.5, 0.6) is 0 Å². The molecule has 1 aromatic carbocycles. The summed E-state index contributed by atoms with van der Waals surface area (Å²) in [5.74, 6) is -0.393. The predicted octanol–water partition coefficient (Wildman–Crippen LogP) is 2.41. The maximum absolute atomic E-state index is 11.7. The minimum absolute atomic E-state index is 0.393. The monoisotopic (exact) mass is 180 g/mol. The van der Waals surface area contributed by atoms with E-state index in [9.17, 15) is 9.18 Å². The molecule has 0 saturated carbocycles. The summed E-state index contributed by atoms with van der Waals surface area (Å²) in [5, 5.41) is 0. The van der Waals surface area contributed by atoms with Crippen LogP contribution < -0.4 is 0 Å². The Balaban J connectivity index is 2.87. The molecule has 0 N–H and O–H groups in total. The first-order valence-corrected chi connectivity index (χ1v) is 3.73. The van der Waals surface area contributed by atoms with Crippen LogP contribution in [-0.2, 0) is 4.74 Å². The molecule has 68 valence electrons.